The Kier molecular flexibility index (Phi) is 4.97. The summed E-state index contributed by atoms with van der Waals surface area (Å²) in [7, 11) is 1.71. The first-order valence-electron chi connectivity index (χ1n) is 3.57. The lowest BCUT2D eigenvalue weighted by molar-refractivity contribution is 0.0241. The van der Waals surface area contributed by atoms with Crippen molar-refractivity contribution in [3.63, 3.8) is 0 Å². The highest BCUT2D eigenvalue weighted by Crippen LogP contribution is 2.05. The first-order valence-corrected chi connectivity index (χ1v) is 4.36. The molecule has 0 aliphatic rings. The van der Waals surface area contributed by atoms with E-state index in [4.69, 9.17) is 4.74 Å². The summed E-state index contributed by atoms with van der Waals surface area (Å²) in [6.07, 6.45) is 0. The highest BCUT2D eigenvalue weighted by Gasteiger charge is 2.14. The maximum atomic E-state index is 5.21. The van der Waals surface area contributed by atoms with Gasteiger partial charge in [-0.3, -0.25) is 0 Å². The van der Waals surface area contributed by atoms with E-state index in [0.717, 1.165) is 17.6 Å². The van der Waals surface area contributed by atoms with Crippen molar-refractivity contribution in [3.05, 3.63) is 11.1 Å². The summed E-state index contributed by atoms with van der Waals surface area (Å²) in [6.45, 7) is 9.40. The van der Waals surface area contributed by atoms with Gasteiger partial charge < -0.3 is 10.1 Å². The van der Waals surface area contributed by atoms with Gasteiger partial charge in [-0.25, -0.2) is 0 Å². The lowest BCUT2D eigenvalue weighted by Gasteiger charge is -2.22. The van der Waals surface area contributed by atoms with Crippen LogP contribution in [0.4, 0.5) is 0 Å². The van der Waals surface area contributed by atoms with E-state index in [-0.39, 0.29) is 5.60 Å². The van der Waals surface area contributed by atoms with E-state index in [0.29, 0.717) is 0 Å². The maximum Gasteiger partial charge on any atom is 0.0746 e. The fourth-order valence-electron chi connectivity index (χ4n) is 0.571. The van der Waals surface area contributed by atoms with E-state index in [2.05, 4.69) is 27.8 Å². The molecule has 0 aliphatic carbocycles. The topological polar surface area (TPSA) is 21.3 Å². The van der Waals surface area contributed by atoms with E-state index in [1.165, 1.54) is 0 Å². The highest BCUT2D eigenvalue weighted by molar-refractivity contribution is 9.11. The second kappa shape index (κ2) is 4.91. The molecule has 0 bridgehead atoms. The molecule has 0 radical (unpaired) electrons. The van der Waals surface area contributed by atoms with Crippen molar-refractivity contribution in [2.45, 2.75) is 19.4 Å². The molecule has 0 aromatic heterocycles. The highest BCUT2D eigenvalue weighted by atomic mass is 79.9. The van der Waals surface area contributed by atoms with Crippen LogP contribution in [-0.4, -0.2) is 25.8 Å². The van der Waals surface area contributed by atoms with Crippen molar-refractivity contribution in [2.24, 2.45) is 0 Å². The number of nitrogens with one attached hydrogen (secondary N) is 1. The number of rotatable bonds is 5. The zero-order valence-corrected chi connectivity index (χ0v) is 8.99. The van der Waals surface area contributed by atoms with Gasteiger partial charge in [0.15, 0.2) is 0 Å². The third kappa shape index (κ3) is 6.53. The standard InChI is InChI=1S/C8H16BrNO/c1-7(9)5-10-6-8(2,3)11-4/h10H,1,5-6H2,2-4H3. The van der Waals surface area contributed by atoms with Crippen molar-refractivity contribution in [1.29, 1.82) is 0 Å². The molecule has 1 N–H and O–H groups in total. The van der Waals surface area contributed by atoms with Crippen molar-refractivity contribution < 1.29 is 4.74 Å². The molecule has 0 amide bonds. The maximum absolute atomic E-state index is 5.21. The molecular weight excluding hydrogens is 206 g/mol. The Morgan fingerprint density at radius 3 is 2.55 bits per heavy atom. The Balaban J connectivity index is 3.45. The van der Waals surface area contributed by atoms with Crippen LogP contribution in [0.2, 0.25) is 0 Å². The fraction of sp³-hybridized carbons (Fsp3) is 0.750. The molecule has 0 fully saturated rings. The molecule has 0 spiro atoms. The van der Waals surface area contributed by atoms with E-state index in [1.807, 2.05) is 13.8 Å². The van der Waals surface area contributed by atoms with Gasteiger partial charge in [-0.1, -0.05) is 22.5 Å². The molecular formula is C8H16BrNO. The van der Waals surface area contributed by atoms with Gasteiger partial charge in [0.25, 0.3) is 0 Å². The summed E-state index contributed by atoms with van der Waals surface area (Å²) < 4.78 is 6.17. The predicted molar refractivity (Wildman–Crippen MR) is 52.0 cm³/mol. The van der Waals surface area contributed by atoms with E-state index in [1.54, 1.807) is 7.11 Å². The average molecular weight is 222 g/mol. The van der Waals surface area contributed by atoms with Gasteiger partial charge in [0.1, 0.15) is 0 Å². The van der Waals surface area contributed by atoms with Crippen molar-refractivity contribution in [2.75, 3.05) is 20.2 Å². The molecule has 0 unspecified atom stereocenters. The molecule has 0 saturated heterocycles. The van der Waals surface area contributed by atoms with Crippen LogP contribution in [0.25, 0.3) is 0 Å². The van der Waals surface area contributed by atoms with Gasteiger partial charge in [0, 0.05) is 24.7 Å². The third-order valence-corrected chi connectivity index (χ3v) is 1.70. The second-order valence-electron chi connectivity index (χ2n) is 3.08. The van der Waals surface area contributed by atoms with Crippen LogP contribution in [0.3, 0.4) is 0 Å². The molecule has 0 heterocycles. The molecule has 0 rings (SSSR count). The Bertz CT molecular complexity index is 134. The number of hydrogen-bond acceptors (Lipinski definition) is 2. The summed E-state index contributed by atoms with van der Waals surface area (Å²) in [5, 5.41) is 3.20. The molecule has 66 valence electrons. The normalized spacial score (nSPS) is 11.6. The molecule has 0 aromatic carbocycles. The van der Waals surface area contributed by atoms with Gasteiger partial charge in [0.2, 0.25) is 0 Å². The summed E-state index contributed by atoms with van der Waals surface area (Å²) >= 11 is 3.27. The summed E-state index contributed by atoms with van der Waals surface area (Å²) in [4.78, 5) is 0. The quantitative estimate of drug-likeness (QED) is 0.767. The van der Waals surface area contributed by atoms with Crippen LogP contribution in [0.5, 0.6) is 0 Å². The van der Waals surface area contributed by atoms with E-state index < -0.39 is 0 Å². The number of methoxy groups -OCH3 is 1. The lowest BCUT2D eigenvalue weighted by atomic mass is 10.1. The predicted octanol–water partition coefficient (Wildman–Crippen LogP) is 1.91. The molecule has 2 nitrogen and oxygen atoms in total. The van der Waals surface area contributed by atoms with Crippen molar-refractivity contribution in [3.8, 4) is 0 Å². The first kappa shape index (κ1) is 11.1. The molecule has 0 atom stereocenters. The molecule has 0 saturated carbocycles. The van der Waals surface area contributed by atoms with Gasteiger partial charge in [-0.2, -0.15) is 0 Å². The minimum Gasteiger partial charge on any atom is -0.377 e. The van der Waals surface area contributed by atoms with Crippen LogP contribution < -0.4 is 5.32 Å². The lowest BCUT2D eigenvalue weighted by Crippen LogP contribution is -2.37. The van der Waals surface area contributed by atoms with Gasteiger partial charge in [0.05, 0.1) is 5.60 Å². The van der Waals surface area contributed by atoms with Crippen LogP contribution in [0.15, 0.2) is 11.1 Å². The van der Waals surface area contributed by atoms with E-state index >= 15 is 0 Å². The van der Waals surface area contributed by atoms with Crippen molar-refractivity contribution in [1.82, 2.24) is 5.32 Å². The fourth-order valence-corrected chi connectivity index (χ4v) is 0.770. The molecule has 0 aromatic rings. The van der Waals surface area contributed by atoms with Crippen LogP contribution in [0.1, 0.15) is 13.8 Å². The molecule has 0 aliphatic heterocycles. The summed E-state index contributed by atoms with van der Waals surface area (Å²) in [5.74, 6) is 0. The average Bonchev–Trinajstić information content (AvgIpc) is 1.87. The second-order valence-corrected chi connectivity index (χ2v) is 4.21. The Morgan fingerprint density at radius 1 is 1.64 bits per heavy atom. The third-order valence-electron chi connectivity index (χ3n) is 1.42. The van der Waals surface area contributed by atoms with Gasteiger partial charge >= 0.3 is 0 Å². The largest absolute Gasteiger partial charge is 0.377 e. The number of hydrogen-bond donors (Lipinski definition) is 1. The van der Waals surface area contributed by atoms with E-state index in [9.17, 15) is 0 Å². The zero-order valence-electron chi connectivity index (χ0n) is 7.41. The van der Waals surface area contributed by atoms with Crippen molar-refractivity contribution >= 4 is 15.9 Å². The first-order chi connectivity index (χ1) is 4.98. The molecule has 3 heteroatoms. The summed E-state index contributed by atoms with van der Waals surface area (Å²) in [5.41, 5.74) is -0.0948. The van der Waals surface area contributed by atoms with Crippen LogP contribution in [0, 0.1) is 0 Å². The Hall–Kier alpha value is 0.140. The number of ether oxygens (including phenoxy) is 1. The minimum absolute atomic E-state index is 0.0948. The monoisotopic (exact) mass is 221 g/mol. The molecule has 11 heavy (non-hydrogen) atoms. The van der Waals surface area contributed by atoms with Crippen LogP contribution >= 0.6 is 15.9 Å². The Labute approximate surface area is 77.1 Å². The Morgan fingerprint density at radius 2 is 2.18 bits per heavy atom. The van der Waals surface area contributed by atoms with Gasteiger partial charge in [-0.05, 0) is 13.8 Å². The summed E-state index contributed by atoms with van der Waals surface area (Å²) in [6, 6.07) is 0. The number of halogens is 1. The SMILES string of the molecule is C=C(Br)CNCC(C)(C)OC. The zero-order chi connectivity index (χ0) is 8.91. The smallest absolute Gasteiger partial charge is 0.0746 e. The van der Waals surface area contributed by atoms with Gasteiger partial charge in [-0.15, -0.1) is 0 Å². The van der Waals surface area contributed by atoms with Crippen LogP contribution in [-0.2, 0) is 4.74 Å². The minimum atomic E-state index is -0.0948.